The van der Waals surface area contributed by atoms with Gasteiger partial charge in [0.25, 0.3) is 11.1 Å². The Morgan fingerprint density at radius 3 is 2.04 bits per heavy atom. The van der Waals surface area contributed by atoms with Gasteiger partial charge in [-0.2, -0.15) is 0 Å². The van der Waals surface area contributed by atoms with E-state index in [4.69, 9.17) is 5.11 Å². The number of H-pyrrole nitrogens is 3. The molecule has 0 atom stereocenters. The molecule has 0 saturated heterocycles. The molecule has 0 saturated carbocycles. The molecule has 0 aliphatic carbocycles. The Labute approximate surface area is 135 Å². The zero-order chi connectivity index (χ0) is 16.9. The molecule has 1 radical (unpaired) electrons. The topological polar surface area (TPSA) is 212 Å². The molecule has 2 rings (SSSR count). The fourth-order valence-electron chi connectivity index (χ4n) is 1.12. The molecule has 0 aromatic carbocycles. The van der Waals surface area contributed by atoms with Crippen LogP contribution >= 0.6 is 0 Å². The van der Waals surface area contributed by atoms with Gasteiger partial charge in [0, 0.05) is 12.1 Å². The van der Waals surface area contributed by atoms with Crippen LogP contribution in [0.5, 0.6) is 6.01 Å². The van der Waals surface area contributed by atoms with Gasteiger partial charge in [-0.15, -0.1) is 0 Å². The van der Waals surface area contributed by atoms with Gasteiger partial charge in [0.1, 0.15) is 5.69 Å². The quantitative estimate of drug-likeness (QED) is 0.381. The van der Waals surface area contributed by atoms with Crippen LogP contribution in [0.15, 0.2) is 26.5 Å². The summed E-state index contributed by atoms with van der Waals surface area (Å²) in [6, 6.07) is 0.484. The first-order chi connectivity index (χ1) is 10.2. The van der Waals surface area contributed by atoms with E-state index < -0.39 is 46.1 Å². The molecule has 23 heavy (non-hydrogen) atoms. The zero-order valence-electron chi connectivity index (χ0n) is 10.8. The summed E-state index contributed by atoms with van der Waals surface area (Å²) in [4.78, 5) is 60.1. The van der Waals surface area contributed by atoms with E-state index in [2.05, 4.69) is 4.98 Å². The Balaban J connectivity index is 0.000000403. The summed E-state index contributed by atoms with van der Waals surface area (Å²) in [6.07, 6.45) is 0. The van der Waals surface area contributed by atoms with Gasteiger partial charge in [-0.05, 0) is 0 Å². The molecule has 0 spiro atoms. The minimum absolute atomic E-state index is 0. The number of nitrogens with zero attached hydrogens (tertiary/aromatic N) is 1. The average Bonchev–Trinajstić information content (AvgIpc) is 2.37. The Kier molecular flexibility index (Phi) is 7.16. The maximum Gasteiger partial charge on any atom is 2.00 e. The molecule has 0 aliphatic heterocycles. The van der Waals surface area contributed by atoms with E-state index in [-0.39, 0.29) is 17.1 Å². The molecular formula is C10H6MnN4O8. The number of hydrogen-bond donors (Lipinski definition) is 4. The monoisotopic (exact) mass is 365 g/mol. The number of carbonyl (C=O) groups is 2. The van der Waals surface area contributed by atoms with E-state index >= 15 is 0 Å². The first-order valence-corrected chi connectivity index (χ1v) is 5.25. The van der Waals surface area contributed by atoms with Crippen LogP contribution in [0.1, 0.15) is 21.0 Å². The van der Waals surface area contributed by atoms with Gasteiger partial charge < -0.3 is 30.1 Å². The van der Waals surface area contributed by atoms with Crippen molar-refractivity contribution in [2.75, 3.05) is 0 Å². The van der Waals surface area contributed by atoms with Crippen molar-refractivity contribution in [3.8, 4) is 6.01 Å². The van der Waals surface area contributed by atoms with Gasteiger partial charge in [0.2, 0.25) is 0 Å². The molecule has 121 valence electrons. The van der Waals surface area contributed by atoms with E-state index in [0.717, 1.165) is 6.07 Å². The molecule has 12 nitrogen and oxygen atoms in total. The molecule has 0 bridgehead atoms. The summed E-state index contributed by atoms with van der Waals surface area (Å²) in [6.45, 7) is 0. The number of aromatic carboxylic acids is 2. The van der Waals surface area contributed by atoms with Crippen molar-refractivity contribution in [2.45, 2.75) is 0 Å². The van der Waals surface area contributed by atoms with E-state index in [9.17, 15) is 34.2 Å². The van der Waals surface area contributed by atoms with Gasteiger partial charge in [-0.25, -0.2) is 14.6 Å². The van der Waals surface area contributed by atoms with Crippen molar-refractivity contribution in [2.24, 2.45) is 0 Å². The number of hydrogen-bond acceptors (Lipinski definition) is 8. The van der Waals surface area contributed by atoms with Crippen LogP contribution in [0.25, 0.3) is 0 Å². The fraction of sp³-hybridized carbons (Fsp3) is 0. The molecule has 4 N–H and O–H groups in total. The van der Waals surface area contributed by atoms with Crippen molar-refractivity contribution < 1.29 is 42.0 Å². The van der Waals surface area contributed by atoms with E-state index in [1.165, 1.54) is 0 Å². The summed E-state index contributed by atoms with van der Waals surface area (Å²) in [5, 5.41) is 28.7. The minimum atomic E-state index is -1.65. The fourth-order valence-corrected chi connectivity index (χ4v) is 1.12. The van der Waals surface area contributed by atoms with Crippen LogP contribution in [0.4, 0.5) is 0 Å². The number of aromatic nitrogens is 4. The Morgan fingerprint density at radius 2 is 1.61 bits per heavy atom. The smallest absolute Gasteiger partial charge is 0.846 e. The summed E-state index contributed by atoms with van der Waals surface area (Å²) in [5.41, 5.74) is -3.43. The number of aromatic amines is 3. The number of carboxylic acids is 2. The Bertz CT molecular complexity index is 855. The Hall–Kier alpha value is -3.18. The first kappa shape index (κ1) is 19.8. The number of carbonyl (C=O) groups excluding carboxylic acids is 1. The van der Waals surface area contributed by atoms with Crippen LogP contribution in [0.2, 0.25) is 0 Å². The third-order valence-corrected chi connectivity index (χ3v) is 1.92. The predicted molar refractivity (Wildman–Crippen MR) is 63.3 cm³/mol. The second-order valence-electron chi connectivity index (χ2n) is 3.53. The molecule has 2 aromatic heterocycles. The van der Waals surface area contributed by atoms with Gasteiger partial charge >= 0.3 is 28.7 Å². The zero-order valence-corrected chi connectivity index (χ0v) is 12.0. The molecule has 0 aliphatic rings. The van der Waals surface area contributed by atoms with Crippen molar-refractivity contribution in [1.82, 2.24) is 19.9 Å². The second-order valence-corrected chi connectivity index (χ2v) is 3.53. The van der Waals surface area contributed by atoms with E-state index in [1.54, 1.807) is 4.98 Å². The maximum atomic E-state index is 10.5. The molecule has 0 fully saturated rings. The summed E-state index contributed by atoms with van der Waals surface area (Å²) >= 11 is 0. The standard InChI is InChI=1S/2C5H4N2O4.Mn/c2*8-3-1-2(4(9)10)6-5(11)7-3;/h2*1H,(H,9,10)(H2,6,7,8,11);/q;;+2/p-2. The van der Waals surface area contributed by atoms with Crippen LogP contribution in [0, 0.1) is 0 Å². The van der Waals surface area contributed by atoms with Crippen LogP contribution in [0.3, 0.4) is 0 Å². The van der Waals surface area contributed by atoms with Gasteiger partial charge in [0.15, 0.2) is 0 Å². The molecule has 0 unspecified atom stereocenters. The normalized spacial score (nSPS) is 9.04. The summed E-state index contributed by atoms with van der Waals surface area (Å²) in [5.74, 6) is -2.98. The van der Waals surface area contributed by atoms with Crippen LogP contribution < -0.4 is 27.0 Å². The summed E-state index contributed by atoms with van der Waals surface area (Å²) in [7, 11) is 0. The molecule has 2 heterocycles. The number of rotatable bonds is 2. The van der Waals surface area contributed by atoms with Gasteiger partial charge in [-0.1, -0.05) is 0 Å². The summed E-state index contributed by atoms with van der Waals surface area (Å²) < 4.78 is 0. The number of nitrogens with one attached hydrogen (secondary N) is 3. The SMILES string of the molecule is O=C(O)c1cc(=O)[nH]c(=O)[nH]1.O=C([O-])c1cc(=O)[nH]c([O-])n1.[Mn+2]. The van der Waals surface area contributed by atoms with Crippen molar-refractivity contribution in [3.05, 3.63) is 54.7 Å². The van der Waals surface area contributed by atoms with Crippen LogP contribution in [-0.4, -0.2) is 37.0 Å². The molecule has 13 heteroatoms. The van der Waals surface area contributed by atoms with Crippen molar-refractivity contribution >= 4 is 11.9 Å². The van der Waals surface area contributed by atoms with E-state index in [1.807, 2.05) is 9.97 Å². The Morgan fingerprint density at radius 1 is 1.04 bits per heavy atom. The van der Waals surface area contributed by atoms with Gasteiger partial charge in [-0.3, -0.25) is 14.6 Å². The van der Waals surface area contributed by atoms with Crippen molar-refractivity contribution in [3.63, 3.8) is 0 Å². The second kappa shape index (κ2) is 8.31. The van der Waals surface area contributed by atoms with E-state index in [0.29, 0.717) is 6.07 Å². The van der Waals surface area contributed by atoms with Gasteiger partial charge in [0.05, 0.1) is 17.7 Å². The number of carboxylic acid groups (broad SMARTS) is 2. The third kappa shape index (κ3) is 6.41. The maximum absolute atomic E-state index is 10.5. The third-order valence-electron chi connectivity index (χ3n) is 1.92. The first-order valence-electron chi connectivity index (χ1n) is 5.25. The van der Waals surface area contributed by atoms with Crippen LogP contribution in [-0.2, 0) is 17.1 Å². The predicted octanol–water partition coefficient (Wildman–Crippen LogP) is -4.03. The van der Waals surface area contributed by atoms with Crippen molar-refractivity contribution in [1.29, 1.82) is 0 Å². The minimum Gasteiger partial charge on any atom is -0.846 e. The molecule has 2 aromatic rings. The average molecular weight is 365 g/mol. The molecular weight excluding hydrogens is 359 g/mol. The molecule has 0 amide bonds. The largest absolute Gasteiger partial charge is 2.00 e.